The molecule has 1 aromatic heterocycles. The van der Waals surface area contributed by atoms with E-state index in [0.717, 1.165) is 25.3 Å². The van der Waals surface area contributed by atoms with E-state index >= 15 is 0 Å². The number of hydrogen-bond acceptors (Lipinski definition) is 2. The van der Waals surface area contributed by atoms with Crippen LogP contribution in [0.3, 0.4) is 0 Å². The first-order valence-electron chi connectivity index (χ1n) is 6.88. The van der Waals surface area contributed by atoms with Crippen molar-refractivity contribution in [2.24, 2.45) is 17.6 Å². The zero-order chi connectivity index (χ0) is 12.5. The Morgan fingerprint density at radius 1 is 1.47 bits per heavy atom. The number of aryl methyl sites for hydroxylation is 1. The average Bonchev–Trinajstić information content (AvgIpc) is 2.74. The van der Waals surface area contributed by atoms with Gasteiger partial charge in [0.05, 0.1) is 6.20 Å². The summed E-state index contributed by atoms with van der Waals surface area (Å²) >= 11 is 0. The summed E-state index contributed by atoms with van der Waals surface area (Å²) in [5.74, 6) is 1.28. The second kappa shape index (κ2) is 4.81. The molecule has 3 nitrogen and oxygen atoms in total. The summed E-state index contributed by atoms with van der Waals surface area (Å²) in [4.78, 5) is 0. The molecule has 0 saturated heterocycles. The highest BCUT2D eigenvalue weighted by molar-refractivity contribution is 5.20. The molecule has 3 heteroatoms. The normalized spacial score (nSPS) is 33.9. The number of hydrogen-bond donors (Lipinski definition) is 1. The van der Waals surface area contributed by atoms with Gasteiger partial charge in [0.15, 0.2) is 0 Å². The number of aromatic nitrogens is 2. The lowest BCUT2D eigenvalue weighted by Gasteiger charge is -2.41. The molecule has 1 aliphatic rings. The van der Waals surface area contributed by atoms with Crippen molar-refractivity contribution in [1.82, 2.24) is 9.78 Å². The predicted molar refractivity (Wildman–Crippen MR) is 70.6 cm³/mol. The van der Waals surface area contributed by atoms with Crippen LogP contribution in [0.2, 0.25) is 0 Å². The molecule has 0 bridgehead atoms. The molecular weight excluding hydrogens is 210 g/mol. The van der Waals surface area contributed by atoms with Gasteiger partial charge < -0.3 is 5.73 Å². The van der Waals surface area contributed by atoms with Gasteiger partial charge in [-0.25, -0.2) is 0 Å². The molecule has 1 fully saturated rings. The lowest BCUT2D eigenvalue weighted by atomic mass is 9.68. The summed E-state index contributed by atoms with van der Waals surface area (Å²) in [6, 6.07) is 0. The fourth-order valence-corrected chi connectivity index (χ4v) is 3.03. The van der Waals surface area contributed by atoms with Crippen molar-refractivity contribution in [2.45, 2.75) is 58.5 Å². The SMILES string of the molecule is CCCn1cc(C2(N)CC(C)CCC2C)cn1. The van der Waals surface area contributed by atoms with E-state index in [1.807, 2.05) is 10.9 Å². The van der Waals surface area contributed by atoms with E-state index in [-0.39, 0.29) is 5.54 Å². The van der Waals surface area contributed by atoms with Gasteiger partial charge in [-0.2, -0.15) is 5.10 Å². The van der Waals surface area contributed by atoms with Gasteiger partial charge in [-0.1, -0.05) is 27.2 Å². The van der Waals surface area contributed by atoms with Crippen LogP contribution in [0.15, 0.2) is 12.4 Å². The lowest BCUT2D eigenvalue weighted by molar-refractivity contribution is 0.162. The first kappa shape index (κ1) is 12.6. The Kier molecular flexibility index (Phi) is 3.57. The van der Waals surface area contributed by atoms with Gasteiger partial charge in [0.1, 0.15) is 0 Å². The maximum Gasteiger partial charge on any atom is 0.0540 e. The predicted octanol–water partition coefficient (Wildman–Crippen LogP) is 2.90. The van der Waals surface area contributed by atoms with Crippen LogP contribution in [0.5, 0.6) is 0 Å². The molecule has 2 N–H and O–H groups in total. The van der Waals surface area contributed by atoms with E-state index < -0.39 is 0 Å². The third-order valence-corrected chi connectivity index (χ3v) is 4.28. The van der Waals surface area contributed by atoms with Gasteiger partial charge in [0, 0.05) is 23.8 Å². The summed E-state index contributed by atoms with van der Waals surface area (Å²) in [5.41, 5.74) is 7.73. The lowest BCUT2D eigenvalue weighted by Crippen LogP contribution is -2.46. The van der Waals surface area contributed by atoms with Crippen molar-refractivity contribution < 1.29 is 0 Å². The molecule has 3 atom stereocenters. The monoisotopic (exact) mass is 235 g/mol. The van der Waals surface area contributed by atoms with Gasteiger partial charge in [-0.05, 0) is 31.1 Å². The topological polar surface area (TPSA) is 43.8 Å². The Hall–Kier alpha value is -0.830. The second-order valence-electron chi connectivity index (χ2n) is 5.82. The van der Waals surface area contributed by atoms with Gasteiger partial charge in [-0.15, -0.1) is 0 Å². The Labute approximate surface area is 104 Å². The van der Waals surface area contributed by atoms with Crippen LogP contribution in [0.1, 0.15) is 52.0 Å². The van der Waals surface area contributed by atoms with E-state index in [0.29, 0.717) is 5.92 Å². The minimum absolute atomic E-state index is 0.163. The van der Waals surface area contributed by atoms with E-state index in [1.54, 1.807) is 0 Å². The van der Waals surface area contributed by atoms with E-state index in [1.165, 1.54) is 18.4 Å². The Morgan fingerprint density at radius 3 is 2.94 bits per heavy atom. The van der Waals surface area contributed by atoms with Crippen molar-refractivity contribution in [3.63, 3.8) is 0 Å². The number of nitrogens with two attached hydrogens (primary N) is 1. The summed E-state index contributed by atoms with van der Waals surface area (Å²) in [6.45, 7) is 7.75. The molecule has 1 heterocycles. The van der Waals surface area contributed by atoms with Gasteiger partial charge in [0.25, 0.3) is 0 Å². The highest BCUT2D eigenvalue weighted by atomic mass is 15.3. The molecule has 0 aliphatic heterocycles. The zero-order valence-corrected chi connectivity index (χ0v) is 11.3. The van der Waals surface area contributed by atoms with Crippen molar-refractivity contribution in [3.8, 4) is 0 Å². The molecule has 1 aliphatic carbocycles. The first-order valence-corrected chi connectivity index (χ1v) is 6.88. The minimum Gasteiger partial charge on any atom is -0.321 e. The van der Waals surface area contributed by atoms with Crippen molar-refractivity contribution in [3.05, 3.63) is 18.0 Å². The first-order chi connectivity index (χ1) is 8.06. The molecule has 0 radical (unpaired) electrons. The van der Waals surface area contributed by atoms with E-state index in [2.05, 4.69) is 32.1 Å². The molecule has 0 aromatic carbocycles. The van der Waals surface area contributed by atoms with Crippen LogP contribution in [0.25, 0.3) is 0 Å². The standard InChI is InChI=1S/C14H25N3/c1-4-7-17-10-13(9-16-17)14(15)8-11(2)5-6-12(14)3/h9-12H,4-8,15H2,1-3H3. The third-order valence-electron chi connectivity index (χ3n) is 4.28. The largest absolute Gasteiger partial charge is 0.321 e. The Balaban J connectivity index is 2.22. The molecule has 0 amide bonds. The fraction of sp³-hybridized carbons (Fsp3) is 0.786. The molecular formula is C14H25N3. The molecule has 17 heavy (non-hydrogen) atoms. The number of rotatable bonds is 3. The van der Waals surface area contributed by atoms with Crippen LogP contribution < -0.4 is 5.73 Å². The van der Waals surface area contributed by atoms with Crippen LogP contribution in [-0.2, 0) is 12.1 Å². The Bertz CT molecular complexity index is 371. The van der Waals surface area contributed by atoms with Crippen LogP contribution in [0, 0.1) is 11.8 Å². The zero-order valence-electron chi connectivity index (χ0n) is 11.3. The summed E-state index contributed by atoms with van der Waals surface area (Å²) in [5, 5.41) is 4.42. The van der Waals surface area contributed by atoms with Crippen LogP contribution in [0.4, 0.5) is 0 Å². The van der Waals surface area contributed by atoms with Gasteiger partial charge >= 0.3 is 0 Å². The van der Waals surface area contributed by atoms with Crippen molar-refractivity contribution in [1.29, 1.82) is 0 Å². The summed E-state index contributed by atoms with van der Waals surface area (Å²) in [6.07, 6.45) is 8.87. The van der Waals surface area contributed by atoms with Crippen molar-refractivity contribution >= 4 is 0 Å². The fourth-order valence-electron chi connectivity index (χ4n) is 3.03. The van der Waals surface area contributed by atoms with E-state index in [4.69, 9.17) is 5.73 Å². The van der Waals surface area contributed by atoms with Crippen molar-refractivity contribution in [2.75, 3.05) is 0 Å². The third kappa shape index (κ3) is 2.39. The van der Waals surface area contributed by atoms with Crippen LogP contribution >= 0.6 is 0 Å². The molecule has 0 spiro atoms. The highest BCUT2D eigenvalue weighted by Crippen LogP contribution is 2.41. The molecule has 1 aromatic rings. The maximum absolute atomic E-state index is 6.67. The minimum atomic E-state index is -0.163. The smallest absolute Gasteiger partial charge is 0.0540 e. The highest BCUT2D eigenvalue weighted by Gasteiger charge is 2.39. The Morgan fingerprint density at radius 2 is 2.24 bits per heavy atom. The van der Waals surface area contributed by atoms with E-state index in [9.17, 15) is 0 Å². The summed E-state index contributed by atoms with van der Waals surface area (Å²) in [7, 11) is 0. The molecule has 2 rings (SSSR count). The van der Waals surface area contributed by atoms with Crippen LogP contribution in [-0.4, -0.2) is 9.78 Å². The number of nitrogens with zero attached hydrogens (tertiary/aromatic N) is 2. The average molecular weight is 235 g/mol. The molecule has 3 unspecified atom stereocenters. The van der Waals surface area contributed by atoms with Gasteiger partial charge in [-0.3, -0.25) is 4.68 Å². The maximum atomic E-state index is 6.67. The van der Waals surface area contributed by atoms with Gasteiger partial charge in [0.2, 0.25) is 0 Å². The molecule has 96 valence electrons. The second-order valence-corrected chi connectivity index (χ2v) is 5.82. The molecule has 1 saturated carbocycles. The summed E-state index contributed by atoms with van der Waals surface area (Å²) < 4.78 is 2.02. The quantitative estimate of drug-likeness (QED) is 0.875.